The lowest BCUT2D eigenvalue weighted by atomic mass is 10.4. The van der Waals surface area contributed by atoms with Crippen LogP contribution in [0.4, 0.5) is 13.2 Å². The van der Waals surface area contributed by atoms with E-state index in [-0.39, 0.29) is 16.4 Å². The predicted octanol–water partition coefficient (Wildman–Crippen LogP) is 4.90. The highest BCUT2D eigenvalue weighted by Crippen LogP contribution is 2.33. The fourth-order valence-electron chi connectivity index (χ4n) is 1.31. The number of hydrogen-bond donors (Lipinski definition) is 0. The molecule has 2 aromatic rings. The summed E-state index contributed by atoms with van der Waals surface area (Å²) in [6.07, 6.45) is -3.52. The van der Waals surface area contributed by atoms with E-state index in [1.54, 1.807) is 0 Å². The first-order valence-electron chi connectivity index (χ1n) is 5.31. The number of thiazole rings is 1. The second kappa shape index (κ2) is 6.28. The van der Waals surface area contributed by atoms with Crippen LogP contribution in [0.2, 0.25) is 0 Å². The molecule has 0 unspecified atom stereocenters. The van der Waals surface area contributed by atoms with Crippen LogP contribution in [0, 0.1) is 0 Å². The maximum absolute atomic E-state index is 12.4. The van der Waals surface area contributed by atoms with Gasteiger partial charge in [0.15, 0.2) is 10.8 Å². The minimum Gasteiger partial charge on any atom is -0.292 e. The van der Waals surface area contributed by atoms with Crippen molar-refractivity contribution in [3.05, 3.63) is 44.8 Å². The van der Waals surface area contributed by atoms with Crippen LogP contribution < -0.4 is 0 Å². The third kappa shape index (κ3) is 4.07. The van der Waals surface area contributed by atoms with Gasteiger partial charge in [0.1, 0.15) is 0 Å². The Morgan fingerprint density at radius 1 is 1.40 bits per heavy atom. The van der Waals surface area contributed by atoms with Gasteiger partial charge in [-0.05, 0) is 18.2 Å². The first-order valence-corrected chi connectivity index (χ1v) is 7.90. The third-order valence-corrected chi connectivity index (χ3v) is 4.76. The van der Waals surface area contributed by atoms with Crippen LogP contribution in [-0.2, 0) is 6.18 Å². The molecule has 2 rings (SSSR count). The van der Waals surface area contributed by atoms with E-state index in [1.165, 1.54) is 11.8 Å². The van der Waals surface area contributed by atoms with Gasteiger partial charge in [-0.25, -0.2) is 4.98 Å². The zero-order valence-electron chi connectivity index (χ0n) is 9.78. The van der Waals surface area contributed by atoms with Gasteiger partial charge in [-0.1, -0.05) is 22.0 Å². The molecule has 106 valence electrons. The van der Waals surface area contributed by atoms with E-state index < -0.39 is 11.2 Å². The van der Waals surface area contributed by atoms with Crippen LogP contribution in [0.3, 0.4) is 0 Å². The Bertz CT molecular complexity index is 627. The lowest BCUT2D eigenvalue weighted by Crippen LogP contribution is -2.03. The van der Waals surface area contributed by atoms with Gasteiger partial charge in [0.05, 0.1) is 10.6 Å². The number of rotatable bonds is 4. The molecule has 2 nitrogen and oxygen atoms in total. The molecule has 0 spiro atoms. The number of nitrogens with zero attached hydrogens (tertiary/aromatic N) is 1. The molecule has 0 aliphatic heterocycles. The number of ketones is 1. The fourth-order valence-corrected chi connectivity index (χ4v) is 3.51. The van der Waals surface area contributed by atoms with Crippen molar-refractivity contribution < 1.29 is 18.0 Å². The summed E-state index contributed by atoms with van der Waals surface area (Å²) in [6.45, 7) is 0. The quantitative estimate of drug-likeness (QED) is 0.557. The first-order chi connectivity index (χ1) is 9.36. The van der Waals surface area contributed by atoms with E-state index in [9.17, 15) is 18.0 Å². The summed E-state index contributed by atoms with van der Waals surface area (Å²) in [7, 11) is 0. The smallest absolute Gasteiger partial charge is 0.292 e. The van der Waals surface area contributed by atoms with Gasteiger partial charge in [-0.2, -0.15) is 13.2 Å². The molecule has 1 aromatic carbocycles. The van der Waals surface area contributed by atoms with Crippen molar-refractivity contribution in [2.24, 2.45) is 0 Å². The lowest BCUT2D eigenvalue weighted by Gasteiger charge is -2.01. The van der Waals surface area contributed by atoms with E-state index in [0.29, 0.717) is 11.3 Å². The molecule has 8 heteroatoms. The molecule has 0 aliphatic carbocycles. The number of aromatic nitrogens is 1. The minimum absolute atomic E-state index is 0.0276. The molecular formula is C12H7BrF3NOS2. The Kier molecular flexibility index (Phi) is 4.87. The Balaban J connectivity index is 2.00. The molecule has 0 bridgehead atoms. The van der Waals surface area contributed by atoms with E-state index in [1.807, 2.05) is 24.3 Å². The predicted molar refractivity (Wildman–Crippen MR) is 76.3 cm³/mol. The zero-order chi connectivity index (χ0) is 14.8. The molecule has 0 amide bonds. The number of carbonyl (C=O) groups excluding carboxylic acids is 1. The van der Waals surface area contributed by atoms with Gasteiger partial charge >= 0.3 is 6.18 Å². The number of thioether (sulfide) groups is 1. The highest BCUT2D eigenvalue weighted by Gasteiger charge is 2.35. The number of alkyl halides is 3. The summed E-state index contributed by atoms with van der Waals surface area (Å²) < 4.78 is 38.0. The summed E-state index contributed by atoms with van der Waals surface area (Å²) in [5, 5.41) is -0.992. The van der Waals surface area contributed by atoms with Crippen LogP contribution >= 0.6 is 39.0 Å². The standard InChI is InChI=1S/C12H7BrF3NOS2/c13-7-2-1-3-8(4-7)19-6-9(18)10-5-17-11(20-10)12(14,15)16/h1-5H,6H2. The van der Waals surface area contributed by atoms with E-state index in [0.717, 1.165) is 15.6 Å². The number of halogens is 4. The van der Waals surface area contributed by atoms with Crippen molar-refractivity contribution in [2.45, 2.75) is 11.1 Å². The van der Waals surface area contributed by atoms with Crippen LogP contribution in [0.25, 0.3) is 0 Å². The van der Waals surface area contributed by atoms with E-state index in [2.05, 4.69) is 20.9 Å². The second-order valence-electron chi connectivity index (χ2n) is 3.70. The summed E-state index contributed by atoms with van der Waals surface area (Å²) in [5.74, 6) is -0.279. The summed E-state index contributed by atoms with van der Waals surface area (Å²) in [6, 6.07) is 7.35. The van der Waals surface area contributed by atoms with Crippen molar-refractivity contribution in [3.63, 3.8) is 0 Å². The van der Waals surface area contributed by atoms with Crippen LogP contribution in [0.1, 0.15) is 14.7 Å². The van der Waals surface area contributed by atoms with Crippen molar-refractivity contribution in [2.75, 3.05) is 5.75 Å². The van der Waals surface area contributed by atoms with Gasteiger partial charge in [-0.3, -0.25) is 4.79 Å². The van der Waals surface area contributed by atoms with Crippen LogP contribution in [-0.4, -0.2) is 16.5 Å². The molecule has 20 heavy (non-hydrogen) atoms. The van der Waals surface area contributed by atoms with Crippen LogP contribution in [0.5, 0.6) is 0 Å². The fraction of sp³-hybridized carbons (Fsp3) is 0.167. The number of hydrogen-bond acceptors (Lipinski definition) is 4. The average molecular weight is 382 g/mol. The van der Waals surface area contributed by atoms with Gasteiger partial charge in [-0.15, -0.1) is 23.1 Å². The molecule has 1 heterocycles. The highest BCUT2D eigenvalue weighted by atomic mass is 79.9. The maximum atomic E-state index is 12.4. The SMILES string of the molecule is O=C(CSc1cccc(Br)c1)c1cnc(C(F)(F)F)s1. The van der Waals surface area contributed by atoms with Crippen molar-refractivity contribution >= 4 is 44.8 Å². The van der Waals surface area contributed by atoms with Gasteiger partial charge in [0.25, 0.3) is 0 Å². The topological polar surface area (TPSA) is 30.0 Å². The Hall–Kier alpha value is -0.860. The molecular weight excluding hydrogens is 375 g/mol. The first kappa shape index (κ1) is 15.5. The second-order valence-corrected chi connectivity index (χ2v) is 6.69. The van der Waals surface area contributed by atoms with Crippen molar-refractivity contribution in [1.82, 2.24) is 4.98 Å². The molecule has 0 radical (unpaired) electrons. The third-order valence-electron chi connectivity index (χ3n) is 2.19. The molecule has 0 fully saturated rings. The lowest BCUT2D eigenvalue weighted by molar-refractivity contribution is -0.137. The van der Waals surface area contributed by atoms with Crippen LogP contribution in [0.15, 0.2) is 39.8 Å². The molecule has 0 aliphatic rings. The van der Waals surface area contributed by atoms with Crippen molar-refractivity contribution in [1.29, 1.82) is 0 Å². The Morgan fingerprint density at radius 2 is 2.15 bits per heavy atom. The minimum atomic E-state index is -4.50. The van der Waals surface area contributed by atoms with Gasteiger partial charge in [0.2, 0.25) is 0 Å². The van der Waals surface area contributed by atoms with E-state index in [4.69, 9.17) is 0 Å². The molecule has 0 saturated carbocycles. The summed E-state index contributed by atoms with van der Waals surface area (Å²) in [5.41, 5.74) is 0. The highest BCUT2D eigenvalue weighted by molar-refractivity contribution is 9.10. The largest absolute Gasteiger partial charge is 0.443 e. The number of Topliss-reactive ketones (excluding diaryl/α,β-unsaturated/α-hetero) is 1. The number of carbonyl (C=O) groups is 1. The monoisotopic (exact) mass is 381 g/mol. The summed E-state index contributed by atoms with van der Waals surface area (Å²) >= 11 is 4.96. The maximum Gasteiger partial charge on any atom is 0.443 e. The normalized spacial score (nSPS) is 11.6. The molecule has 0 N–H and O–H groups in total. The molecule has 1 aromatic heterocycles. The zero-order valence-corrected chi connectivity index (χ0v) is 13.0. The Morgan fingerprint density at radius 3 is 2.75 bits per heavy atom. The van der Waals surface area contributed by atoms with E-state index >= 15 is 0 Å². The average Bonchev–Trinajstić information content (AvgIpc) is 2.85. The summed E-state index contributed by atoms with van der Waals surface area (Å²) in [4.78, 5) is 15.9. The van der Waals surface area contributed by atoms with Gasteiger partial charge < -0.3 is 0 Å². The Labute approximate surface area is 129 Å². The van der Waals surface area contributed by atoms with Crippen molar-refractivity contribution in [3.8, 4) is 0 Å². The number of benzene rings is 1. The molecule has 0 atom stereocenters. The van der Waals surface area contributed by atoms with Gasteiger partial charge in [0, 0.05) is 15.6 Å². The molecule has 0 saturated heterocycles.